The molecule has 98 valence electrons. The zero-order chi connectivity index (χ0) is 12.1. The Morgan fingerprint density at radius 1 is 1.29 bits per heavy atom. The smallest absolute Gasteiger partial charge is 0.183 e. The van der Waals surface area contributed by atoms with Crippen molar-refractivity contribution in [1.29, 1.82) is 0 Å². The molecule has 3 nitrogen and oxygen atoms in total. The van der Waals surface area contributed by atoms with Crippen molar-refractivity contribution in [1.82, 2.24) is 4.90 Å². The highest BCUT2D eigenvalue weighted by molar-refractivity contribution is 5.77. The first-order valence-corrected chi connectivity index (χ1v) is 7.17. The van der Waals surface area contributed by atoms with Gasteiger partial charge in [-0.2, -0.15) is 0 Å². The summed E-state index contributed by atoms with van der Waals surface area (Å²) in [6.45, 7) is 9.04. The quantitative estimate of drug-likeness (QED) is 0.735. The van der Waals surface area contributed by atoms with Gasteiger partial charge in [0, 0.05) is 6.42 Å². The number of piperidine rings is 1. The highest BCUT2D eigenvalue weighted by Gasteiger charge is 2.21. The molecule has 3 heteroatoms. The first-order chi connectivity index (χ1) is 8.25. The molecule has 0 aromatic heterocycles. The number of likely N-dealkylation sites (tertiary alicyclic amines) is 1. The molecule has 0 radical (unpaired) electrons. The van der Waals surface area contributed by atoms with Crippen molar-refractivity contribution in [2.75, 3.05) is 26.2 Å². The van der Waals surface area contributed by atoms with Crippen LogP contribution in [0.15, 0.2) is 4.99 Å². The lowest BCUT2D eigenvalue weighted by molar-refractivity contribution is 0.225. The lowest BCUT2D eigenvalue weighted by Gasteiger charge is -2.26. The predicted molar refractivity (Wildman–Crippen MR) is 71.5 cm³/mol. The summed E-state index contributed by atoms with van der Waals surface area (Å²) in [6.07, 6.45) is 6.41. The van der Waals surface area contributed by atoms with Crippen LogP contribution in [-0.4, -0.2) is 43.1 Å². The molecule has 1 atom stereocenters. The van der Waals surface area contributed by atoms with Gasteiger partial charge in [-0.1, -0.05) is 20.3 Å². The number of ether oxygens (including phenoxy) is 1. The summed E-state index contributed by atoms with van der Waals surface area (Å²) in [6, 6.07) is 0.403. The Bertz CT molecular complexity index is 257. The lowest BCUT2D eigenvalue weighted by atomic mass is 10.1. The van der Waals surface area contributed by atoms with E-state index in [0.29, 0.717) is 12.0 Å². The van der Waals surface area contributed by atoms with E-state index in [1.807, 2.05) is 0 Å². The fraction of sp³-hybridized carbons (Fsp3) is 0.929. The standard InChI is InChI=1S/C14H26N2O/c1-12(2)13-11-17-14(15-13)7-6-10-16-8-4-3-5-9-16/h12-13H,3-11H2,1-2H3/t13-/m1/s1. The molecule has 0 amide bonds. The Hall–Kier alpha value is -0.570. The summed E-state index contributed by atoms with van der Waals surface area (Å²) in [7, 11) is 0. The van der Waals surface area contributed by atoms with E-state index in [1.165, 1.54) is 45.3 Å². The van der Waals surface area contributed by atoms with Gasteiger partial charge in [0.1, 0.15) is 6.61 Å². The van der Waals surface area contributed by atoms with Crippen molar-refractivity contribution in [3.05, 3.63) is 0 Å². The van der Waals surface area contributed by atoms with Crippen LogP contribution in [0.1, 0.15) is 46.0 Å². The van der Waals surface area contributed by atoms with Crippen LogP contribution in [0.3, 0.4) is 0 Å². The van der Waals surface area contributed by atoms with Gasteiger partial charge in [0.05, 0.1) is 6.04 Å². The van der Waals surface area contributed by atoms with Gasteiger partial charge >= 0.3 is 0 Å². The summed E-state index contributed by atoms with van der Waals surface area (Å²) in [5.41, 5.74) is 0. The van der Waals surface area contributed by atoms with Gasteiger partial charge in [-0.3, -0.25) is 0 Å². The van der Waals surface area contributed by atoms with E-state index in [9.17, 15) is 0 Å². The van der Waals surface area contributed by atoms with Crippen LogP contribution < -0.4 is 0 Å². The molecule has 2 aliphatic rings. The van der Waals surface area contributed by atoms with Gasteiger partial charge in [-0.05, 0) is 44.8 Å². The molecule has 0 saturated carbocycles. The van der Waals surface area contributed by atoms with Crippen LogP contribution in [-0.2, 0) is 4.74 Å². The van der Waals surface area contributed by atoms with Gasteiger partial charge in [0.15, 0.2) is 5.90 Å². The number of nitrogens with zero attached hydrogens (tertiary/aromatic N) is 2. The maximum atomic E-state index is 5.65. The van der Waals surface area contributed by atoms with Crippen LogP contribution in [0, 0.1) is 5.92 Å². The van der Waals surface area contributed by atoms with Gasteiger partial charge in [-0.15, -0.1) is 0 Å². The Labute approximate surface area is 105 Å². The summed E-state index contributed by atoms with van der Waals surface area (Å²) in [5.74, 6) is 1.61. The van der Waals surface area contributed by atoms with E-state index >= 15 is 0 Å². The molecule has 1 fully saturated rings. The summed E-state index contributed by atoms with van der Waals surface area (Å²) in [5, 5.41) is 0. The summed E-state index contributed by atoms with van der Waals surface area (Å²) < 4.78 is 5.65. The number of hydrogen-bond donors (Lipinski definition) is 0. The molecule has 0 aromatic carbocycles. The van der Waals surface area contributed by atoms with E-state index in [0.717, 1.165) is 18.9 Å². The molecule has 2 rings (SSSR count). The average molecular weight is 238 g/mol. The second-order valence-electron chi connectivity index (χ2n) is 5.65. The fourth-order valence-corrected chi connectivity index (χ4v) is 2.56. The van der Waals surface area contributed by atoms with Gasteiger partial charge < -0.3 is 9.64 Å². The van der Waals surface area contributed by atoms with Gasteiger partial charge in [-0.25, -0.2) is 4.99 Å². The Morgan fingerprint density at radius 2 is 2.06 bits per heavy atom. The molecule has 17 heavy (non-hydrogen) atoms. The molecule has 0 bridgehead atoms. The Kier molecular flexibility index (Phi) is 4.84. The largest absolute Gasteiger partial charge is 0.479 e. The molecule has 0 aromatic rings. The summed E-state index contributed by atoms with van der Waals surface area (Å²) in [4.78, 5) is 7.23. The highest BCUT2D eigenvalue weighted by atomic mass is 16.5. The topological polar surface area (TPSA) is 24.8 Å². The van der Waals surface area contributed by atoms with Crippen molar-refractivity contribution < 1.29 is 4.74 Å². The normalized spacial score (nSPS) is 26.1. The summed E-state index contributed by atoms with van der Waals surface area (Å²) >= 11 is 0. The number of aliphatic imine (C=N–C) groups is 1. The minimum atomic E-state index is 0.403. The molecule has 0 aliphatic carbocycles. The van der Waals surface area contributed by atoms with Crippen molar-refractivity contribution >= 4 is 5.90 Å². The third kappa shape index (κ3) is 3.98. The van der Waals surface area contributed by atoms with Crippen LogP contribution in [0.25, 0.3) is 0 Å². The van der Waals surface area contributed by atoms with Crippen molar-refractivity contribution in [3.63, 3.8) is 0 Å². The second-order valence-corrected chi connectivity index (χ2v) is 5.65. The van der Waals surface area contributed by atoms with Crippen LogP contribution >= 0.6 is 0 Å². The van der Waals surface area contributed by atoms with E-state index in [2.05, 4.69) is 23.7 Å². The number of hydrogen-bond acceptors (Lipinski definition) is 3. The molecule has 2 heterocycles. The Morgan fingerprint density at radius 3 is 2.71 bits per heavy atom. The Balaban J connectivity index is 1.63. The molecule has 0 N–H and O–H groups in total. The predicted octanol–water partition coefficient (Wildman–Crippen LogP) is 2.71. The van der Waals surface area contributed by atoms with E-state index in [4.69, 9.17) is 4.74 Å². The van der Waals surface area contributed by atoms with E-state index in [1.54, 1.807) is 0 Å². The minimum Gasteiger partial charge on any atom is -0.479 e. The minimum absolute atomic E-state index is 0.403. The van der Waals surface area contributed by atoms with Gasteiger partial charge in [0.25, 0.3) is 0 Å². The average Bonchev–Trinajstić information content (AvgIpc) is 2.79. The second kappa shape index (κ2) is 6.39. The van der Waals surface area contributed by atoms with E-state index < -0.39 is 0 Å². The SMILES string of the molecule is CC(C)[C@H]1COC(CCCN2CCCCC2)=N1. The molecule has 0 unspecified atom stereocenters. The third-order valence-electron chi connectivity index (χ3n) is 3.81. The third-order valence-corrected chi connectivity index (χ3v) is 3.81. The van der Waals surface area contributed by atoms with Crippen molar-refractivity contribution in [2.45, 2.75) is 52.0 Å². The molecule has 0 spiro atoms. The maximum Gasteiger partial charge on any atom is 0.183 e. The highest BCUT2D eigenvalue weighted by Crippen LogP contribution is 2.16. The first-order valence-electron chi connectivity index (χ1n) is 7.17. The van der Waals surface area contributed by atoms with Crippen molar-refractivity contribution in [2.24, 2.45) is 10.9 Å². The molecule has 2 aliphatic heterocycles. The zero-order valence-electron chi connectivity index (χ0n) is 11.3. The lowest BCUT2D eigenvalue weighted by Crippen LogP contribution is -2.30. The monoisotopic (exact) mass is 238 g/mol. The van der Waals surface area contributed by atoms with Crippen LogP contribution in [0.4, 0.5) is 0 Å². The zero-order valence-corrected chi connectivity index (χ0v) is 11.3. The van der Waals surface area contributed by atoms with Crippen LogP contribution in [0.2, 0.25) is 0 Å². The first kappa shape index (κ1) is 12.9. The fourth-order valence-electron chi connectivity index (χ4n) is 2.56. The van der Waals surface area contributed by atoms with Crippen molar-refractivity contribution in [3.8, 4) is 0 Å². The number of rotatable bonds is 5. The van der Waals surface area contributed by atoms with Gasteiger partial charge in [0.2, 0.25) is 0 Å². The maximum absolute atomic E-state index is 5.65. The molecule has 1 saturated heterocycles. The molecular weight excluding hydrogens is 212 g/mol. The molecular formula is C14H26N2O. The van der Waals surface area contributed by atoms with Crippen LogP contribution in [0.5, 0.6) is 0 Å². The van der Waals surface area contributed by atoms with E-state index in [-0.39, 0.29) is 0 Å².